The third-order valence-corrected chi connectivity index (χ3v) is 2.23. The molecule has 62 valence electrons. The third kappa shape index (κ3) is 0.959. The van der Waals surface area contributed by atoms with E-state index in [1.54, 1.807) is 12.1 Å². The van der Waals surface area contributed by atoms with E-state index in [-0.39, 0.29) is 5.75 Å². The summed E-state index contributed by atoms with van der Waals surface area (Å²) < 4.78 is 1.89. The topological polar surface area (TPSA) is 25.2 Å². The quantitative estimate of drug-likeness (QED) is 0.664. The van der Waals surface area contributed by atoms with Crippen molar-refractivity contribution in [1.29, 1.82) is 0 Å². The van der Waals surface area contributed by atoms with Gasteiger partial charge in [-0.2, -0.15) is 0 Å². The Bertz CT molecular complexity index is 433. The van der Waals surface area contributed by atoms with Gasteiger partial charge in [0.15, 0.2) is 0 Å². The lowest BCUT2D eigenvalue weighted by Crippen LogP contribution is -1.82. The first kappa shape index (κ1) is 7.50. The molecule has 0 saturated heterocycles. The number of aromatic nitrogens is 1. The van der Waals surface area contributed by atoms with E-state index in [4.69, 9.17) is 11.6 Å². The molecule has 0 bridgehead atoms. The lowest BCUT2D eigenvalue weighted by Gasteiger charge is -1.95. The average molecular weight is 182 g/mol. The number of rotatable bonds is 0. The van der Waals surface area contributed by atoms with Gasteiger partial charge in [0.1, 0.15) is 5.75 Å². The van der Waals surface area contributed by atoms with E-state index in [1.165, 1.54) is 0 Å². The summed E-state index contributed by atoms with van der Waals surface area (Å²) in [5.74, 6) is 0.264. The first-order valence-corrected chi connectivity index (χ1v) is 4.00. The van der Waals surface area contributed by atoms with E-state index in [9.17, 15) is 5.11 Å². The van der Waals surface area contributed by atoms with Crippen LogP contribution < -0.4 is 0 Å². The molecule has 1 aromatic carbocycles. The van der Waals surface area contributed by atoms with Gasteiger partial charge in [-0.15, -0.1) is 0 Å². The summed E-state index contributed by atoms with van der Waals surface area (Å²) in [6.45, 7) is 0. The van der Waals surface area contributed by atoms with Crippen molar-refractivity contribution >= 4 is 22.5 Å². The normalized spacial score (nSPS) is 10.8. The number of hydrogen-bond acceptors (Lipinski definition) is 1. The molecule has 0 amide bonds. The molecule has 2 nitrogen and oxygen atoms in total. The minimum absolute atomic E-state index is 0.264. The monoisotopic (exact) mass is 181 g/mol. The molecule has 0 spiro atoms. The molecule has 3 heteroatoms. The largest absolute Gasteiger partial charge is 0.508 e. The Morgan fingerprint density at radius 1 is 1.42 bits per heavy atom. The number of phenols is 1. The molecule has 12 heavy (non-hydrogen) atoms. The number of hydrogen-bond donors (Lipinski definition) is 1. The fraction of sp³-hybridized carbons (Fsp3) is 0.111. The summed E-state index contributed by atoms with van der Waals surface area (Å²) in [4.78, 5) is 0. The first-order valence-electron chi connectivity index (χ1n) is 3.62. The van der Waals surface area contributed by atoms with E-state index >= 15 is 0 Å². The second-order valence-electron chi connectivity index (χ2n) is 2.79. The lowest BCUT2D eigenvalue weighted by atomic mass is 10.2. The highest BCUT2D eigenvalue weighted by atomic mass is 35.5. The third-order valence-electron chi connectivity index (χ3n) is 1.93. The van der Waals surface area contributed by atoms with Gasteiger partial charge in [0.2, 0.25) is 0 Å². The van der Waals surface area contributed by atoms with Gasteiger partial charge in [-0.05, 0) is 12.1 Å². The minimum Gasteiger partial charge on any atom is -0.508 e. The van der Waals surface area contributed by atoms with Crippen molar-refractivity contribution in [2.75, 3.05) is 0 Å². The van der Waals surface area contributed by atoms with Crippen LogP contribution in [0.2, 0.25) is 5.02 Å². The van der Waals surface area contributed by atoms with Crippen LogP contribution in [0.4, 0.5) is 0 Å². The van der Waals surface area contributed by atoms with E-state index in [2.05, 4.69) is 0 Å². The van der Waals surface area contributed by atoms with E-state index in [0.717, 1.165) is 10.9 Å². The standard InChI is InChI=1S/C9H8ClNO/c1-11-5-8(10)7-3-2-6(12)4-9(7)11/h2-5,12H,1H3. The molecular weight excluding hydrogens is 174 g/mol. The van der Waals surface area contributed by atoms with Crippen molar-refractivity contribution in [2.45, 2.75) is 0 Å². The number of nitrogens with zero attached hydrogens (tertiary/aromatic N) is 1. The summed E-state index contributed by atoms with van der Waals surface area (Å²) in [7, 11) is 1.90. The zero-order valence-electron chi connectivity index (χ0n) is 6.58. The second-order valence-corrected chi connectivity index (χ2v) is 3.20. The molecule has 1 aromatic heterocycles. The van der Waals surface area contributed by atoms with Gasteiger partial charge in [0.25, 0.3) is 0 Å². The van der Waals surface area contributed by atoms with Crippen LogP contribution in [0.5, 0.6) is 5.75 Å². The Labute approximate surface area is 75.0 Å². The van der Waals surface area contributed by atoms with E-state index in [1.807, 2.05) is 23.9 Å². The maximum absolute atomic E-state index is 9.21. The zero-order valence-corrected chi connectivity index (χ0v) is 7.34. The predicted molar refractivity (Wildman–Crippen MR) is 49.6 cm³/mol. The van der Waals surface area contributed by atoms with Gasteiger partial charge in [-0.1, -0.05) is 11.6 Å². The second kappa shape index (κ2) is 2.42. The molecular formula is C9H8ClNO. The first-order chi connectivity index (χ1) is 5.68. The van der Waals surface area contributed by atoms with Gasteiger partial charge in [-0.25, -0.2) is 0 Å². The molecule has 1 heterocycles. The van der Waals surface area contributed by atoms with Crippen molar-refractivity contribution < 1.29 is 5.11 Å². The number of fused-ring (bicyclic) bond motifs is 1. The summed E-state index contributed by atoms with van der Waals surface area (Å²) in [6.07, 6.45) is 1.83. The Balaban J connectivity index is 2.90. The molecule has 0 unspecified atom stereocenters. The van der Waals surface area contributed by atoms with Crippen molar-refractivity contribution in [3.8, 4) is 5.75 Å². The highest BCUT2D eigenvalue weighted by Gasteiger charge is 2.03. The van der Waals surface area contributed by atoms with Gasteiger partial charge in [0, 0.05) is 24.7 Å². The van der Waals surface area contributed by atoms with E-state index < -0.39 is 0 Å². The molecule has 0 aliphatic carbocycles. The Morgan fingerprint density at radius 2 is 2.17 bits per heavy atom. The van der Waals surface area contributed by atoms with Crippen LogP contribution in [0.25, 0.3) is 10.9 Å². The molecule has 0 radical (unpaired) electrons. The molecule has 2 aromatic rings. The number of phenolic OH excluding ortho intramolecular Hbond substituents is 1. The fourth-order valence-corrected chi connectivity index (χ4v) is 1.63. The van der Waals surface area contributed by atoms with Gasteiger partial charge >= 0.3 is 0 Å². The van der Waals surface area contributed by atoms with Crippen LogP contribution in [0, 0.1) is 0 Å². The lowest BCUT2D eigenvalue weighted by molar-refractivity contribution is 0.476. The highest BCUT2D eigenvalue weighted by molar-refractivity contribution is 6.35. The van der Waals surface area contributed by atoms with Crippen LogP contribution in [-0.4, -0.2) is 9.67 Å². The molecule has 0 aliphatic heterocycles. The molecule has 0 saturated carbocycles. The number of aromatic hydroxyl groups is 1. The van der Waals surface area contributed by atoms with Crippen molar-refractivity contribution in [3.63, 3.8) is 0 Å². The zero-order chi connectivity index (χ0) is 8.72. The van der Waals surface area contributed by atoms with Gasteiger partial charge in [-0.3, -0.25) is 0 Å². The SMILES string of the molecule is Cn1cc(Cl)c2ccc(O)cc21. The Kier molecular flexibility index (Phi) is 1.51. The van der Waals surface area contributed by atoms with Crippen LogP contribution in [0.3, 0.4) is 0 Å². The smallest absolute Gasteiger partial charge is 0.117 e. The van der Waals surface area contributed by atoms with Crippen LogP contribution >= 0.6 is 11.6 Å². The van der Waals surface area contributed by atoms with Crippen LogP contribution in [0.1, 0.15) is 0 Å². The Morgan fingerprint density at radius 3 is 2.92 bits per heavy atom. The predicted octanol–water partition coefficient (Wildman–Crippen LogP) is 2.54. The summed E-state index contributed by atoms with van der Waals surface area (Å²) in [5.41, 5.74) is 0.944. The maximum Gasteiger partial charge on any atom is 0.117 e. The van der Waals surface area contributed by atoms with E-state index in [0.29, 0.717) is 5.02 Å². The Hall–Kier alpha value is -1.15. The summed E-state index contributed by atoms with van der Waals surface area (Å²) >= 11 is 5.93. The fourth-order valence-electron chi connectivity index (χ4n) is 1.32. The van der Waals surface area contributed by atoms with Crippen LogP contribution in [-0.2, 0) is 7.05 Å². The molecule has 1 N–H and O–H groups in total. The molecule has 0 aliphatic rings. The maximum atomic E-state index is 9.21. The molecule has 0 atom stereocenters. The highest BCUT2D eigenvalue weighted by Crippen LogP contribution is 2.27. The average Bonchev–Trinajstić information content (AvgIpc) is 2.28. The molecule has 0 fully saturated rings. The number of benzene rings is 1. The van der Waals surface area contributed by atoms with Gasteiger partial charge in [0.05, 0.1) is 10.5 Å². The van der Waals surface area contributed by atoms with Crippen LogP contribution in [0.15, 0.2) is 24.4 Å². The molecule has 2 rings (SSSR count). The van der Waals surface area contributed by atoms with Gasteiger partial charge < -0.3 is 9.67 Å². The van der Waals surface area contributed by atoms with Crippen molar-refractivity contribution in [1.82, 2.24) is 4.57 Å². The number of halogens is 1. The van der Waals surface area contributed by atoms with Crippen molar-refractivity contribution in [3.05, 3.63) is 29.4 Å². The van der Waals surface area contributed by atoms with Crippen molar-refractivity contribution in [2.24, 2.45) is 7.05 Å². The minimum atomic E-state index is 0.264. The summed E-state index contributed by atoms with van der Waals surface area (Å²) in [5, 5.41) is 10.9. The number of aryl methyl sites for hydroxylation is 1. The summed E-state index contributed by atoms with van der Waals surface area (Å²) in [6, 6.07) is 5.14.